The lowest BCUT2D eigenvalue weighted by Gasteiger charge is -2.19. The summed E-state index contributed by atoms with van der Waals surface area (Å²) in [6, 6.07) is 18.0. The third kappa shape index (κ3) is 5.51. The topological polar surface area (TPSA) is 103 Å². The van der Waals surface area contributed by atoms with Crippen LogP contribution in [0.15, 0.2) is 71.6 Å². The third-order valence-electron chi connectivity index (χ3n) is 5.94. The summed E-state index contributed by atoms with van der Waals surface area (Å²) in [5.74, 6) is 1.41. The van der Waals surface area contributed by atoms with Gasteiger partial charge in [-0.15, -0.1) is 0 Å². The Kier molecular flexibility index (Phi) is 6.50. The third-order valence-corrected chi connectivity index (χ3v) is 7.32. The van der Waals surface area contributed by atoms with E-state index in [1.165, 1.54) is 25.0 Å². The Morgan fingerprint density at radius 1 is 0.829 bits per heavy atom. The fourth-order valence-corrected chi connectivity index (χ4v) is 5.19. The molecule has 1 amide bonds. The molecule has 35 heavy (non-hydrogen) atoms. The predicted molar refractivity (Wildman–Crippen MR) is 132 cm³/mol. The van der Waals surface area contributed by atoms with Gasteiger partial charge in [-0.2, -0.15) is 0 Å². The average Bonchev–Trinajstić information content (AvgIpc) is 3.38. The first-order valence-corrected chi connectivity index (χ1v) is 13.1. The van der Waals surface area contributed by atoms with E-state index in [0.29, 0.717) is 41.7 Å². The minimum absolute atomic E-state index is 0.0592. The number of benzene rings is 3. The number of hydrogen-bond acceptors (Lipinski definition) is 6. The van der Waals surface area contributed by atoms with E-state index in [4.69, 9.17) is 14.2 Å². The Bertz CT molecular complexity index is 1300. The zero-order valence-electron chi connectivity index (χ0n) is 19.0. The lowest BCUT2D eigenvalue weighted by atomic mass is 10.2. The monoisotopic (exact) mass is 494 g/mol. The number of rotatable bonds is 7. The van der Waals surface area contributed by atoms with E-state index in [-0.39, 0.29) is 16.9 Å². The molecule has 0 unspecified atom stereocenters. The van der Waals surface area contributed by atoms with Crippen LogP contribution in [0.2, 0.25) is 0 Å². The van der Waals surface area contributed by atoms with E-state index < -0.39 is 10.0 Å². The Hall–Kier alpha value is -3.72. The van der Waals surface area contributed by atoms with Gasteiger partial charge in [-0.1, -0.05) is 0 Å². The molecule has 0 radical (unpaired) electrons. The standard InChI is InChI=1S/C26H26N2O6S/c29-26(27-19-9-11-22(12-10-19)34-21-3-1-2-4-21)18-5-7-20(8-6-18)28-35(30,31)23-13-14-24-25(17-23)33-16-15-32-24/h5-14,17,21,28H,1-4,15-16H2,(H,27,29). The number of amides is 1. The number of fused-ring (bicyclic) bond motifs is 1. The Labute approximate surface area is 204 Å². The van der Waals surface area contributed by atoms with Gasteiger partial charge in [-0.25, -0.2) is 8.42 Å². The zero-order valence-corrected chi connectivity index (χ0v) is 19.8. The van der Waals surface area contributed by atoms with Crippen molar-refractivity contribution in [2.75, 3.05) is 23.3 Å². The Morgan fingerprint density at radius 2 is 1.49 bits per heavy atom. The van der Waals surface area contributed by atoms with Crippen LogP contribution in [0.25, 0.3) is 0 Å². The van der Waals surface area contributed by atoms with E-state index in [9.17, 15) is 13.2 Å². The molecule has 1 fully saturated rings. The van der Waals surface area contributed by atoms with Crippen molar-refractivity contribution in [3.63, 3.8) is 0 Å². The van der Waals surface area contributed by atoms with Crippen LogP contribution in [-0.2, 0) is 10.0 Å². The van der Waals surface area contributed by atoms with Crippen molar-refractivity contribution >= 4 is 27.3 Å². The first-order valence-electron chi connectivity index (χ1n) is 11.6. The molecule has 182 valence electrons. The van der Waals surface area contributed by atoms with Crippen LogP contribution < -0.4 is 24.2 Å². The smallest absolute Gasteiger partial charge is 0.262 e. The largest absolute Gasteiger partial charge is 0.490 e. The minimum Gasteiger partial charge on any atom is -0.490 e. The van der Waals surface area contributed by atoms with Crippen LogP contribution in [0.4, 0.5) is 11.4 Å². The lowest BCUT2D eigenvalue weighted by molar-refractivity contribution is 0.102. The first-order chi connectivity index (χ1) is 17.0. The van der Waals surface area contributed by atoms with Gasteiger partial charge in [0.05, 0.1) is 11.0 Å². The summed E-state index contributed by atoms with van der Waals surface area (Å²) in [7, 11) is -3.84. The van der Waals surface area contributed by atoms with Crippen LogP contribution >= 0.6 is 0 Å². The van der Waals surface area contributed by atoms with Gasteiger partial charge in [0.25, 0.3) is 15.9 Å². The highest BCUT2D eigenvalue weighted by Gasteiger charge is 2.20. The summed E-state index contributed by atoms with van der Waals surface area (Å²) >= 11 is 0. The van der Waals surface area contributed by atoms with Crippen molar-refractivity contribution < 1.29 is 27.4 Å². The highest BCUT2D eigenvalue weighted by Crippen LogP contribution is 2.33. The second-order valence-corrected chi connectivity index (χ2v) is 10.2. The molecule has 5 rings (SSSR count). The maximum absolute atomic E-state index is 12.8. The lowest BCUT2D eigenvalue weighted by Crippen LogP contribution is -2.17. The fourth-order valence-electron chi connectivity index (χ4n) is 4.11. The maximum Gasteiger partial charge on any atom is 0.262 e. The normalized spacial score (nSPS) is 15.4. The molecule has 0 atom stereocenters. The number of anilines is 2. The summed E-state index contributed by atoms with van der Waals surface area (Å²) in [6.07, 6.45) is 4.86. The summed E-state index contributed by atoms with van der Waals surface area (Å²) in [6.45, 7) is 0.795. The molecular weight excluding hydrogens is 468 g/mol. The highest BCUT2D eigenvalue weighted by atomic mass is 32.2. The number of carbonyl (C=O) groups is 1. The SMILES string of the molecule is O=C(Nc1ccc(OC2CCCC2)cc1)c1ccc(NS(=O)(=O)c2ccc3c(c2)OCCO3)cc1. The van der Waals surface area contributed by atoms with Crippen molar-refractivity contribution in [3.05, 3.63) is 72.3 Å². The van der Waals surface area contributed by atoms with Gasteiger partial charge in [0.15, 0.2) is 11.5 Å². The average molecular weight is 495 g/mol. The molecule has 3 aromatic rings. The van der Waals surface area contributed by atoms with E-state index in [1.54, 1.807) is 42.5 Å². The molecule has 2 N–H and O–H groups in total. The van der Waals surface area contributed by atoms with Crippen molar-refractivity contribution in [3.8, 4) is 17.2 Å². The van der Waals surface area contributed by atoms with E-state index >= 15 is 0 Å². The van der Waals surface area contributed by atoms with Crippen molar-refractivity contribution in [1.29, 1.82) is 0 Å². The molecule has 0 bridgehead atoms. The molecule has 1 aliphatic carbocycles. The zero-order chi connectivity index (χ0) is 24.3. The number of carbonyl (C=O) groups excluding carboxylic acids is 1. The van der Waals surface area contributed by atoms with E-state index in [2.05, 4.69) is 10.0 Å². The first kappa shape index (κ1) is 23.0. The van der Waals surface area contributed by atoms with Crippen molar-refractivity contribution in [1.82, 2.24) is 0 Å². The van der Waals surface area contributed by atoms with E-state index in [1.807, 2.05) is 12.1 Å². The van der Waals surface area contributed by atoms with Gasteiger partial charge in [0.1, 0.15) is 19.0 Å². The summed E-state index contributed by atoms with van der Waals surface area (Å²) in [4.78, 5) is 12.7. The van der Waals surface area contributed by atoms with Crippen LogP contribution in [0.1, 0.15) is 36.0 Å². The fraction of sp³-hybridized carbons (Fsp3) is 0.269. The summed E-state index contributed by atoms with van der Waals surface area (Å²) in [5, 5.41) is 2.84. The molecular formula is C26H26N2O6S. The van der Waals surface area contributed by atoms with Gasteiger partial charge in [-0.3, -0.25) is 9.52 Å². The predicted octanol–water partition coefficient (Wildman–Crippen LogP) is 4.83. The summed E-state index contributed by atoms with van der Waals surface area (Å²) in [5.41, 5.74) is 1.39. The molecule has 1 heterocycles. The molecule has 8 nitrogen and oxygen atoms in total. The van der Waals surface area contributed by atoms with Crippen molar-refractivity contribution in [2.45, 2.75) is 36.7 Å². The molecule has 2 aliphatic rings. The van der Waals surface area contributed by atoms with Gasteiger partial charge in [0.2, 0.25) is 0 Å². The van der Waals surface area contributed by atoms with Gasteiger partial charge in [0, 0.05) is 23.0 Å². The quantitative estimate of drug-likeness (QED) is 0.488. The van der Waals surface area contributed by atoms with Crippen LogP contribution in [0.3, 0.4) is 0 Å². The van der Waals surface area contributed by atoms with Crippen molar-refractivity contribution in [2.24, 2.45) is 0 Å². The number of hydrogen-bond donors (Lipinski definition) is 2. The van der Waals surface area contributed by atoms with Crippen LogP contribution in [0.5, 0.6) is 17.2 Å². The van der Waals surface area contributed by atoms with E-state index in [0.717, 1.165) is 18.6 Å². The second kappa shape index (κ2) is 9.87. The molecule has 1 saturated carbocycles. The molecule has 3 aromatic carbocycles. The number of ether oxygens (including phenoxy) is 3. The maximum atomic E-state index is 12.8. The molecule has 0 aromatic heterocycles. The Morgan fingerprint density at radius 3 is 2.20 bits per heavy atom. The Balaban J connectivity index is 1.20. The molecule has 1 aliphatic heterocycles. The molecule has 0 spiro atoms. The van der Waals surface area contributed by atoms with Crippen LogP contribution in [-0.4, -0.2) is 33.6 Å². The summed E-state index contributed by atoms with van der Waals surface area (Å²) < 4.78 is 45.0. The van der Waals surface area contributed by atoms with Gasteiger partial charge < -0.3 is 19.5 Å². The number of nitrogens with one attached hydrogen (secondary N) is 2. The minimum atomic E-state index is -3.84. The van der Waals surface area contributed by atoms with Gasteiger partial charge >= 0.3 is 0 Å². The second-order valence-electron chi connectivity index (χ2n) is 8.49. The number of sulfonamides is 1. The van der Waals surface area contributed by atoms with Gasteiger partial charge in [-0.05, 0) is 86.3 Å². The highest BCUT2D eigenvalue weighted by molar-refractivity contribution is 7.92. The molecule has 0 saturated heterocycles. The molecule has 9 heteroatoms. The van der Waals surface area contributed by atoms with Crippen LogP contribution in [0, 0.1) is 0 Å².